The Bertz CT molecular complexity index is 1690. The molecule has 0 radical (unpaired) electrons. The predicted molar refractivity (Wildman–Crippen MR) is 156 cm³/mol. The van der Waals surface area contributed by atoms with Crippen molar-refractivity contribution in [2.75, 3.05) is 16.0 Å². The summed E-state index contributed by atoms with van der Waals surface area (Å²) in [4.78, 5) is 32.5. The molecule has 0 fully saturated rings. The van der Waals surface area contributed by atoms with Crippen molar-refractivity contribution >= 4 is 39.9 Å². The number of benzene rings is 2. The lowest BCUT2D eigenvalue weighted by atomic mass is 10.1. The molecular formula is C30H29N7O3. The van der Waals surface area contributed by atoms with E-state index in [4.69, 9.17) is 9.84 Å². The number of carbonyl (C=O) groups is 2. The van der Waals surface area contributed by atoms with Gasteiger partial charge in [0.25, 0.3) is 0 Å². The van der Waals surface area contributed by atoms with E-state index < -0.39 is 6.03 Å². The molecule has 10 nitrogen and oxygen atoms in total. The number of fused-ring (bicyclic) bond motifs is 1. The second-order valence-electron chi connectivity index (χ2n) is 10.2. The van der Waals surface area contributed by atoms with Crippen LogP contribution in [0.25, 0.3) is 22.0 Å². The van der Waals surface area contributed by atoms with Gasteiger partial charge in [-0.1, -0.05) is 12.1 Å². The fraction of sp³-hybridized carbons (Fsp3) is 0.167. The maximum absolute atomic E-state index is 13.0. The molecular weight excluding hydrogens is 506 g/mol. The quantitative estimate of drug-likeness (QED) is 0.224. The van der Waals surface area contributed by atoms with Gasteiger partial charge in [0.15, 0.2) is 0 Å². The number of amides is 3. The number of hydrogen-bond donors (Lipinski definition) is 3. The molecule has 3 heterocycles. The Kier molecular flexibility index (Phi) is 7.15. The van der Waals surface area contributed by atoms with Gasteiger partial charge < -0.3 is 20.7 Å². The van der Waals surface area contributed by atoms with Crippen molar-refractivity contribution in [3.05, 3.63) is 85.5 Å². The number of urea groups is 1. The van der Waals surface area contributed by atoms with Gasteiger partial charge in [-0.15, -0.1) is 0 Å². The summed E-state index contributed by atoms with van der Waals surface area (Å²) in [6.45, 7) is 7.57. The Labute approximate surface area is 231 Å². The standard InChI is InChI=1S/C30H29N7O3/c1-19(38)33-27-16-25(12-14-32-27)40-24-9-7-23(8-10-24)34-29(39)35-26-18-37(30(2,3)4)36-28(26)21-5-6-22-17-31-13-11-20(22)15-21/h5-18H,1-4H3,(H,32,33,38)(H2,34,35,39). The van der Waals surface area contributed by atoms with Gasteiger partial charge in [-0.25, -0.2) is 9.78 Å². The van der Waals surface area contributed by atoms with Crippen LogP contribution < -0.4 is 20.7 Å². The minimum Gasteiger partial charge on any atom is -0.457 e. The molecule has 0 spiro atoms. The summed E-state index contributed by atoms with van der Waals surface area (Å²) in [5.74, 6) is 1.26. The van der Waals surface area contributed by atoms with E-state index in [-0.39, 0.29) is 11.4 Å². The predicted octanol–water partition coefficient (Wildman–Crippen LogP) is 6.64. The second kappa shape index (κ2) is 10.9. The summed E-state index contributed by atoms with van der Waals surface area (Å²) in [7, 11) is 0. The first kappa shape index (κ1) is 26.4. The summed E-state index contributed by atoms with van der Waals surface area (Å²) in [6, 6.07) is 17.8. The van der Waals surface area contributed by atoms with Gasteiger partial charge in [0.1, 0.15) is 23.0 Å². The molecule has 0 saturated heterocycles. The van der Waals surface area contributed by atoms with E-state index in [1.165, 1.54) is 6.92 Å². The SMILES string of the molecule is CC(=O)Nc1cc(Oc2ccc(NC(=O)Nc3cn(C(C)(C)C)nc3-c3ccc4cnccc4c3)cc2)ccn1. The molecule has 3 N–H and O–H groups in total. The smallest absolute Gasteiger partial charge is 0.323 e. The lowest BCUT2D eigenvalue weighted by Crippen LogP contribution is -2.22. The molecule has 5 aromatic rings. The van der Waals surface area contributed by atoms with Gasteiger partial charge in [-0.3, -0.25) is 14.5 Å². The average Bonchev–Trinajstić information content (AvgIpc) is 3.34. The topological polar surface area (TPSA) is 123 Å². The number of anilines is 3. The normalized spacial score (nSPS) is 11.2. The zero-order valence-electron chi connectivity index (χ0n) is 22.6. The van der Waals surface area contributed by atoms with Crippen LogP contribution in [0.2, 0.25) is 0 Å². The van der Waals surface area contributed by atoms with E-state index in [9.17, 15) is 9.59 Å². The minimum atomic E-state index is -0.401. The maximum atomic E-state index is 13.0. The largest absolute Gasteiger partial charge is 0.457 e. The molecule has 0 unspecified atom stereocenters. The summed E-state index contributed by atoms with van der Waals surface area (Å²) in [5, 5.41) is 15.3. The highest BCUT2D eigenvalue weighted by atomic mass is 16.5. The molecule has 0 aliphatic carbocycles. The van der Waals surface area contributed by atoms with Gasteiger partial charge in [-0.05, 0) is 68.6 Å². The fourth-order valence-corrected chi connectivity index (χ4v) is 4.00. The van der Waals surface area contributed by atoms with Crippen LogP contribution in [-0.2, 0) is 10.3 Å². The van der Waals surface area contributed by atoms with E-state index in [0.717, 1.165) is 16.3 Å². The van der Waals surface area contributed by atoms with E-state index in [0.29, 0.717) is 34.4 Å². The minimum absolute atomic E-state index is 0.217. The van der Waals surface area contributed by atoms with E-state index in [1.54, 1.807) is 48.8 Å². The van der Waals surface area contributed by atoms with E-state index in [1.807, 2.05) is 41.3 Å². The Hall–Kier alpha value is -5.25. The summed E-state index contributed by atoms with van der Waals surface area (Å²) in [6.07, 6.45) is 6.96. The first-order valence-corrected chi connectivity index (χ1v) is 12.7. The third-order valence-electron chi connectivity index (χ3n) is 5.95. The monoisotopic (exact) mass is 535 g/mol. The number of carbonyl (C=O) groups excluding carboxylic acids is 2. The highest BCUT2D eigenvalue weighted by Crippen LogP contribution is 2.31. The number of aromatic nitrogens is 4. The zero-order valence-corrected chi connectivity index (χ0v) is 22.6. The molecule has 3 amide bonds. The highest BCUT2D eigenvalue weighted by Gasteiger charge is 2.20. The van der Waals surface area contributed by atoms with Crippen molar-refractivity contribution in [3.8, 4) is 22.8 Å². The van der Waals surface area contributed by atoms with Crippen molar-refractivity contribution in [2.24, 2.45) is 0 Å². The third-order valence-corrected chi connectivity index (χ3v) is 5.95. The molecule has 5 rings (SSSR count). The number of rotatable bonds is 6. The van der Waals surface area contributed by atoms with E-state index in [2.05, 4.69) is 46.7 Å². The van der Waals surface area contributed by atoms with Crippen LogP contribution in [0.3, 0.4) is 0 Å². The average molecular weight is 536 g/mol. The lowest BCUT2D eigenvalue weighted by Gasteiger charge is -2.18. The summed E-state index contributed by atoms with van der Waals surface area (Å²) >= 11 is 0. The number of nitrogens with one attached hydrogen (secondary N) is 3. The summed E-state index contributed by atoms with van der Waals surface area (Å²) < 4.78 is 7.70. The van der Waals surface area contributed by atoms with Gasteiger partial charge >= 0.3 is 6.03 Å². The molecule has 0 aliphatic rings. The summed E-state index contributed by atoms with van der Waals surface area (Å²) in [5.41, 5.74) is 2.45. The highest BCUT2D eigenvalue weighted by molar-refractivity contribution is 6.02. The van der Waals surface area contributed by atoms with Gasteiger partial charge in [0.2, 0.25) is 5.91 Å². The zero-order chi connectivity index (χ0) is 28.3. The Morgan fingerprint density at radius 1 is 0.850 bits per heavy atom. The molecule has 0 atom stereocenters. The van der Waals surface area contributed by atoms with Crippen LogP contribution in [0.15, 0.2) is 85.5 Å². The Balaban J connectivity index is 1.31. The van der Waals surface area contributed by atoms with E-state index >= 15 is 0 Å². The van der Waals surface area contributed by atoms with Gasteiger partial charge in [0, 0.05) is 54.4 Å². The number of pyridine rings is 2. The Morgan fingerprint density at radius 2 is 1.65 bits per heavy atom. The molecule has 202 valence electrons. The van der Waals surface area contributed by atoms with Crippen molar-refractivity contribution in [2.45, 2.75) is 33.2 Å². The van der Waals surface area contributed by atoms with Gasteiger partial charge in [0.05, 0.1) is 11.2 Å². The Morgan fingerprint density at radius 3 is 2.40 bits per heavy atom. The van der Waals surface area contributed by atoms with Gasteiger partial charge in [-0.2, -0.15) is 5.10 Å². The van der Waals surface area contributed by atoms with Crippen LogP contribution in [0.5, 0.6) is 11.5 Å². The molecule has 10 heteroatoms. The first-order chi connectivity index (χ1) is 19.1. The van der Waals surface area contributed by atoms with Crippen molar-refractivity contribution in [1.29, 1.82) is 0 Å². The molecule has 2 aromatic carbocycles. The molecule has 0 aliphatic heterocycles. The second-order valence-corrected chi connectivity index (χ2v) is 10.2. The number of nitrogens with zero attached hydrogens (tertiary/aromatic N) is 4. The van der Waals surface area contributed by atoms with Crippen LogP contribution in [-0.4, -0.2) is 31.7 Å². The van der Waals surface area contributed by atoms with Crippen LogP contribution >= 0.6 is 0 Å². The first-order valence-electron chi connectivity index (χ1n) is 12.7. The number of ether oxygens (including phenoxy) is 1. The van der Waals surface area contributed by atoms with Crippen molar-refractivity contribution in [3.63, 3.8) is 0 Å². The molecule has 0 bridgehead atoms. The number of hydrogen-bond acceptors (Lipinski definition) is 6. The van der Waals surface area contributed by atoms with Crippen LogP contribution in [0.4, 0.5) is 22.0 Å². The fourth-order valence-electron chi connectivity index (χ4n) is 4.00. The van der Waals surface area contributed by atoms with Crippen molar-refractivity contribution < 1.29 is 14.3 Å². The van der Waals surface area contributed by atoms with Crippen LogP contribution in [0.1, 0.15) is 27.7 Å². The molecule has 0 saturated carbocycles. The van der Waals surface area contributed by atoms with Crippen LogP contribution in [0, 0.1) is 0 Å². The molecule has 40 heavy (non-hydrogen) atoms. The third kappa shape index (κ3) is 6.24. The lowest BCUT2D eigenvalue weighted by molar-refractivity contribution is -0.114. The maximum Gasteiger partial charge on any atom is 0.323 e. The van der Waals surface area contributed by atoms with Crippen molar-refractivity contribution in [1.82, 2.24) is 19.7 Å². The molecule has 3 aromatic heterocycles.